The van der Waals surface area contributed by atoms with Gasteiger partial charge in [-0.2, -0.15) is 0 Å². The lowest BCUT2D eigenvalue weighted by atomic mass is 10.0. The second-order valence-corrected chi connectivity index (χ2v) is 9.24. The van der Waals surface area contributed by atoms with Crippen molar-refractivity contribution in [3.8, 4) is 0 Å². The van der Waals surface area contributed by atoms with Gasteiger partial charge in [0, 0.05) is 19.6 Å². The average molecular weight is 418 g/mol. The molecule has 0 aliphatic rings. The lowest BCUT2D eigenvalue weighted by Gasteiger charge is -2.07. The van der Waals surface area contributed by atoms with Crippen LogP contribution in [0.25, 0.3) is 0 Å². The zero-order valence-electron chi connectivity index (χ0n) is 18.9. The maximum absolute atomic E-state index is 11.8. The van der Waals surface area contributed by atoms with E-state index in [9.17, 15) is 4.79 Å². The molecule has 0 bridgehead atoms. The molecule has 1 unspecified atom stereocenters. The molecule has 5 heteroatoms. The number of carbonyl (C=O) groups is 1. The summed E-state index contributed by atoms with van der Waals surface area (Å²) >= 11 is 0. The van der Waals surface area contributed by atoms with Crippen LogP contribution in [0.15, 0.2) is 0 Å². The highest BCUT2D eigenvalue weighted by atomic mass is 31.2. The Kier molecular flexibility index (Phi) is 23.0. The molecular formula is C23H48NO3P. The predicted molar refractivity (Wildman–Crippen MR) is 123 cm³/mol. The summed E-state index contributed by atoms with van der Waals surface area (Å²) in [5.41, 5.74) is 0. The van der Waals surface area contributed by atoms with E-state index < -0.39 is 8.38 Å². The number of amides is 1. The Balaban J connectivity index is 3.15. The van der Waals surface area contributed by atoms with Crippen molar-refractivity contribution in [2.24, 2.45) is 0 Å². The Morgan fingerprint density at radius 1 is 0.750 bits per heavy atom. The molecule has 0 spiro atoms. The van der Waals surface area contributed by atoms with Crippen LogP contribution in [0, 0.1) is 0 Å². The van der Waals surface area contributed by atoms with E-state index in [4.69, 9.17) is 9.42 Å². The smallest absolute Gasteiger partial charge is 0.219 e. The zero-order valence-corrected chi connectivity index (χ0v) is 19.7. The molecule has 0 aromatic heterocycles. The summed E-state index contributed by atoms with van der Waals surface area (Å²) in [4.78, 5) is 20.8. The first kappa shape index (κ1) is 27.8. The Labute approximate surface area is 176 Å². The molecule has 4 nitrogen and oxygen atoms in total. The van der Waals surface area contributed by atoms with Gasteiger partial charge in [0.15, 0.2) is 8.38 Å². The normalized spacial score (nSPS) is 12.2. The van der Waals surface area contributed by atoms with Crippen molar-refractivity contribution in [2.45, 2.75) is 122 Å². The maximum atomic E-state index is 11.8. The summed E-state index contributed by atoms with van der Waals surface area (Å²) in [6.45, 7) is 5.40. The summed E-state index contributed by atoms with van der Waals surface area (Å²) < 4.78 is 5.15. The highest BCUT2D eigenvalue weighted by molar-refractivity contribution is 7.45. The van der Waals surface area contributed by atoms with Crippen molar-refractivity contribution in [1.29, 1.82) is 0 Å². The minimum absolute atomic E-state index is 0.211. The molecule has 0 fully saturated rings. The van der Waals surface area contributed by atoms with E-state index in [1.165, 1.54) is 77.0 Å². The first-order chi connectivity index (χ1) is 13.7. The van der Waals surface area contributed by atoms with Crippen molar-refractivity contribution in [3.63, 3.8) is 0 Å². The van der Waals surface area contributed by atoms with Crippen molar-refractivity contribution in [2.75, 3.05) is 19.8 Å². The van der Waals surface area contributed by atoms with Crippen LogP contribution in [0.1, 0.15) is 122 Å². The van der Waals surface area contributed by atoms with Gasteiger partial charge in [0.1, 0.15) is 0 Å². The Morgan fingerprint density at radius 2 is 1.21 bits per heavy atom. The Bertz CT molecular complexity index is 327. The van der Waals surface area contributed by atoms with Crippen molar-refractivity contribution >= 4 is 14.3 Å². The fourth-order valence-corrected chi connectivity index (χ4v) is 3.79. The largest absolute Gasteiger partial charge is 0.356 e. The highest BCUT2D eigenvalue weighted by Gasteiger charge is 2.01. The van der Waals surface area contributed by atoms with E-state index in [1.807, 2.05) is 0 Å². The summed E-state index contributed by atoms with van der Waals surface area (Å²) in [5.74, 6) is 0.211. The second-order valence-electron chi connectivity index (χ2n) is 8.05. The molecule has 1 amide bonds. The SMILES string of the molecule is CCCCCCCCCCCCCCCC(=O)NCCCCCCOP(C)O. The molecule has 0 aliphatic carbocycles. The zero-order chi connectivity index (χ0) is 20.7. The quantitative estimate of drug-likeness (QED) is 0.146. The highest BCUT2D eigenvalue weighted by Crippen LogP contribution is 2.25. The van der Waals surface area contributed by atoms with Crippen LogP contribution in [0.5, 0.6) is 0 Å². The van der Waals surface area contributed by atoms with Gasteiger partial charge in [0.05, 0.1) is 6.61 Å². The van der Waals surface area contributed by atoms with Gasteiger partial charge in [-0.15, -0.1) is 0 Å². The lowest BCUT2D eigenvalue weighted by Crippen LogP contribution is -2.23. The van der Waals surface area contributed by atoms with Gasteiger partial charge < -0.3 is 14.7 Å². The van der Waals surface area contributed by atoms with Gasteiger partial charge in [-0.1, -0.05) is 96.8 Å². The number of hydrogen-bond donors (Lipinski definition) is 2. The molecule has 0 heterocycles. The maximum Gasteiger partial charge on any atom is 0.219 e. The van der Waals surface area contributed by atoms with Crippen molar-refractivity contribution in [1.82, 2.24) is 5.32 Å². The third-order valence-corrected chi connectivity index (χ3v) is 5.74. The molecule has 0 aromatic carbocycles. The van der Waals surface area contributed by atoms with Crippen LogP contribution in [-0.4, -0.2) is 30.6 Å². The van der Waals surface area contributed by atoms with Gasteiger partial charge in [-0.3, -0.25) is 4.79 Å². The number of hydrogen-bond acceptors (Lipinski definition) is 3. The van der Waals surface area contributed by atoms with Crippen LogP contribution in [0.4, 0.5) is 0 Å². The van der Waals surface area contributed by atoms with E-state index >= 15 is 0 Å². The molecule has 0 saturated heterocycles. The van der Waals surface area contributed by atoms with Gasteiger partial charge in [0.25, 0.3) is 0 Å². The molecule has 0 aromatic rings. The molecule has 168 valence electrons. The molecular weight excluding hydrogens is 369 g/mol. The van der Waals surface area contributed by atoms with Crippen molar-refractivity contribution < 1.29 is 14.2 Å². The molecule has 0 radical (unpaired) electrons. The average Bonchev–Trinajstić information content (AvgIpc) is 2.67. The van der Waals surface area contributed by atoms with Crippen LogP contribution in [-0.2, 0) is 9.32 Å². The topological polar surface area (TPSA) is 58.6 Å². The van der Waals surface area contributed by atoms with Gasteiger partial charge in [-0.05, 0) is 19.3 Å². The third kappa shape index (κ3) is 23.9. The standard InChI is InChI=1S/C23H48NO3P/c1-3-4-5-6-7-8-9-10-11-12-13-14-17-20-23(25)24-21-18-15-16-19-22-27-28(2)26/h26H,3-22H2,1-2H3,(H,24,25). The predicted octanol–water partition coefficient (Wildman–Crippen LogP) is 7.09. The van der Waals surface area contributed by atoms with Crippen molar-refractivity contribution in [3.05, 3.63) is 0 Å². The minimum atomic E-state index is -1.21. The van der Waals surface area contributed by atoms with Gasteiger partial charge in [-0.25, -0.2) is 0 Å². The summed E-state index contributed by atoms with van der Waals surface area (Å²) in [6.07, 6.45) is 22.3. The van der Waals surface area contributed by atoms with Crippen LogP contribution >= 0.6 is 8.38 Å². The molecule has 1 atom stereocenters. The number of rotatable bonds is 22. The molecule has 0 aliphatic heterocycles. The Hall–Kier alpha value is -0.180. The van der Waals surface area contributed by atoms with E-state index in [2.05, 4.69) is 12.2 Å². The van der Waals surface area contributed by atoms with E-state index in [0.29, 0.717) is 13.0 Å². The summed E-state index contributed by atoms with van der Waals surface area (Å²) in [6, 6.07) is 0. The van der Waals surface area contributed by atoms with E-state index in [1.54, 1.807) is 6.66 Å². The molecule has 2 N–H and O–H groups in total. The number of carbonyl (C=O) groups excluding carboxylic acids is 1. The molecule has 28 heavy (non-hydrogen) atoms. The first-order valence-corrected chi connectivity index (χ1v) is 13.6. The first-order valence-electron chi connectivity index (χ1n) is 12.0. The summed E-state index contributed by atoms with van der Waals surface area (Å²) in [7, 11) is -1.21. The minimum Gasteiger partial charge on any atom is -0.356 e. The number of nitrogens with one attached hydrogen (secondary N) is 1. The van der Waals surface area contributed by atoms with Crippen LogP contribution < -0.4 is 5.32 Å². The van der Waals surface area contributed by atoms with Gasteiger partial charge >= 0.3 is 0 Å². The van der Waals surface area contributed by atoms with Gasteiger partial charge in [0.2, 0.25) is 5.91 Å². The van der Waals surface area contributed by atoms with E-state index in [0.717, 1.165) is 38.6 Å². The fourth-order valence-electron chi connectivity index (χ4n) is 3.40. The second kappa shape index (κ2) is 23.1. The van der Waals surface area contributed by atoms with E-state index in [-0.39, 0.29) is 5.91 Å². The molecule has 0 rings (SSSR count). The third-order valence-electron chi connectivity index (χ3n) is 5.18. The number of unbranched alkanes of at least 4 members (excludes halogenated alkanes) is 15. The molecule has 0 saturated carbocycles. The van der Waals surface area contributed by atoms with Crippen LogP contribution in [0.2, 0.25) is 0 Å². The fraction of sp³-hybridized carbons (Fsp3) is 0.957. The summed E-state index contributed by atoms with van der Waals surface area (Å²) in [5, 5.41) is 3.03. The lowest BCUT2D eigenvalue weighted by molar-refractivity contribution is -0.121. The Morgan fingerprint density at radius 3 is 1.75 bits per heavy atom. The monoisotopic (exact) mass is 417 g/mol. The van der Waals surface area contributed by atoms with Crippen LogP contribution in [0.3, 0.4) is 0 Å².